The number of aromatic nitrogens is 1. The van der Waals surface area contributed by atoms with Gasteiger partial charge in [0.15, 0.2) is 0 Å². The van der Waals surface area contributed by atoms with Crippen LogP contribution in [0.5, 0.6) is 0 Å². The molecule has 2 atom stereocenters. The Balaban J connectivity index is 1.75. The Morgan fingerprint density at radius 1 is 1.14 bits per heavy atom. The fourth-order valence-corrected chi connectivity index (χ4v) is 4.13. The molecule has 0 bridgehead atoms. The molecule has 1 aliphatic rings. The van der Waals surface area contributed by atoms with E-state index in [-0.39, 0.29) is 24.5 Å². The molecule has 0 spiro atoms. The minimum atomic E-state index is -0.799. The van der Waals surface area contributed by atoms with Crippen molar-refractivity contribution in [3.05, 3.63) is 89.0 Å². The lowest BCUT2D eigenvalue weighted by molar-refractivity contribution is -0.126. The van der Waals surface area contributed by atoms with Crippen LogP contribution in [-0.2, 0) is 16.0 Å². The van der Waals surface area contributed by atoms with Gasteiger partial charge in [-0.1, -0.05) is 12.1 Å². The number of carbonyl (C=O) groups excluding carboxylic acids is 2. The van der Waals surface area contributed by atoms with Gasteiger partial charge in [0.2, 0.25) is 5.91 Å². The highest BCUT2D eigenvalue weighted by molar-refractivity contribution is 5.95. The summed E-state index contributed by atoms with van der Waals surface area (Å²) in [5.41, 5.74) is 1.56. The molecule has 2 amide bonds. The van der Waals surface area contributed by atoms with Crippen molar-refractivity contribution >= 4 is 11.8 Å². The zero-order chi connectivity index (χ0) is 25.7. The fraction of sp³-hybridized carbons (Fsp3) is 0.269. The molecule has 4 rings (SSSR count). The highest BCUT2D eigenvalue weighted by atomic mass is 19.1. The molecule has 2 heterocycles. The Kier molecular flexibility index (Phi) is 7.97. The van der Waals surface area contributed by atoms with E-state index in [1.165, 1.54) is 43.6 Å². The second-order valence-corrected chi connectivity index (χ2v) is 8.33. The average Bonchev–Trinajstić information content (AvgIpc) is 2.88. The molecule has 36 heavy (non-hydrogen) atoms. The number of rotatable bonds is 7. The lowest BCUT2D eigenvalue weighted by atomic mass is 9.94. The maximum absolute atomic E-state index is 14.3. The molecule has 1 aromatic heterocycles. The average molecular weight is 499 g/mol. The van der Waals surface area contributed by atoms with E-state index in [1.54, 1.807) is 12.1 Å². The minimum absolute atomic E-state index is 0.0293. The molecule has 188 valence electrons. The van der Waals surface area contributed by atoms with E-state index in [2.05, 4.69) is 20.9 Å². The molecular weight excluding hydrogens is 473 g/mol. The van der Waals surface area contributed by atoms with Crippen molar-refractivity contribution in [1.82, 2.24) is 20.9 Å². The minimum Gasteiger partial charge on any atom is -0.378 e. The van der Waals surface area contributed by atoms with Crippen molar-refractivity contribution < 1.29 is 27.5 Å². The van der Waals surface area contributed by atoms with E-state index in [4.69, 9.17) is 4.74 Å². The molecule has 1 saturated heterocycles. The van der Waals surface area contributed by atoms with Gasteiger partial charge >= 0.3 is 0 Å². The summed E-state index contributed by atoms with van der Waals surface area (Å²) in [6.07, 6.45) is 1.55. The van der Waals surface area contributed by atoms with Gasteiger partial charge in [0.1, 0.15) is 23.5 Å². The first-order valence-corrected chi connectivity index (χ1v) is 11.4. The smallest absolute Gasteiger partial charge is 0.254 e. The van der Waals surface area contributed by atoms with Gasteiger partial charge in [0.25, 0.3) is 5.91 Å². The summed E-state index contributed by atoms with van der Waals surface area (Å²) >= 11 is 0. The van der Waals surface area contributed by atoms with Crippen molar-refractivity contribution in [2.45, 2.75) is 18.5 Å². The van der Waals surface area contributed by atoms with E-state index < -0.39 is 35.4 Å². The van der Waals surface area contributed by atoms with E-state index >= 15 is 0 Å². The third-order valence-electron chi connectivity index (χ3n) is 5.83. The maximum Gasteiger partial charge on any atom is 0.254 e. The lowest BCUT2D eigenvalue weighted by Crippen LogP contribution is -2.52. The largest absolute Gasteiger partial charge is 0.378 e. The van der Waals surface area contributed by atoms with Crippen LogP contribution >= 0.6 is 0 Å². The molecule has 1 fully saturated rings. The summed E-state index contributed by atoms with van der Waals surface area (Å²) in [5.74, 6) is -3.13. The summed E-state index contributed by atoms with van der Waals surface area (Å²) in [5, 5.41) is 8.39. The van der Waals surface area contributed by atoms with Crippen LogP contribution in [0.2, 0.25) is 0 Å². The molecule has 0 radical (unpaired) electrons. The Morgan fingerprint density at radius 2 is 1.92 bits per heavy atom. The van der Waals surface area contributed by atoms with Crippen molar-refractivity contribution in [2.24, 2.45) is 0 Å². The molecule has 0 aliphatic carbocycles. The van der Waals surface area contributed by atoms with Gasteiger partial charge in [0.05, 0.1) is 30.5 Å². The molecule has 0 unspecified atom stereocenters. The Morgan fingerprint density at radius 3 is 2.61 bits per heavy atom. The molecule has 3 aromatic rings. The SMILES string of the molecule is CNC(=O)c1cc(-c2cccnc2[C@H](Cc2cc(F)cc(F)c2)NC(=O)[C@H]2COCCN2)ccc1F. The number of pyridine rings is 1. The van der Waals surface area contributed by atoms with Crippen molar-refractivity contribution in [2.75, 3.05) is 26.8 Å². The third kappa shape index (κ3) is 5.89. The van der Waals surface area contributed by atoms with Crippen molar-refractivity contribution in [3.63, 3.8) is 0 Å². The van der Waals surface area contributed by atoms with Gasteiger partial charge in [-0.15, -0.1) is 0 Å². The Bertz CT molecular complexity index is 1240. The van der Waals surface area contributed by atoms with Crippen LogP contribution in [0.1, 0.15) is 27.7 Å². The Hall–Kier alpha value is -3.76. The van der Waals surface area contributed by atoms with Crippen molar-refractivity contribution in [1.29, 1.82) is 0 Å². The molecular formula is C26H25F3N4O3. The summed E-state index contributed by atoms with van der Waals surface area (Å²) in [7, 11) is 1.40. The monoisotopic (exact) mass is 498 g/mol. The van der Waals surface area contributed by atoms with E-state index in [0.717, 1.165) is 6.07 Å². The van der Waals surface area contributed by atoms with E-state index in [1.807, 2.05) is 0 Å². The van der Waals surface area contributed by atoms with Crippen LogP contribution in [0.3, 0.4) is 0 Å². The topological polar surface area (TPSA) is 92.4 Å². The van der Waals surface area contributed by atoms with Crippen LogP contribution in [0.25, 0.3) is 11.1 Å². The summed E-state index contributed by atoms with van der Waals surface area (Å²) in [4.78, 5) is 29.7. The molecule has 1 aliphatic heterocycles. The highest BCUT2D eigenvalue weighted by Gasteiger charge is 2.27. The molecule has 10 heteroatoms. The first kappa shape index (κ1) is 25.3. The molecule has 7 nitrogen and oxygen atoms in total. The summed E-state index contributed by atoms with van der Waals surface area (Å²) in [6, 6.07) is 9.19. The van der Waals surface area contributed by atoms with Gasteiger partial charge in [-0.25, -0.2) is 13.2 Å². The normalized spacial score (nSPS) is 16.3. The number of morpholine rings is 1. The standard InChI is InChI=1S/C26H25F3N4O3/c1-30-25(34)20-12-16(4-5-21(20)29)19-3-2-6-32-24(19)22(11-15-9-17(27)13-18(28)10-15)33-26(35)23-14-36-8-7-31-23/h2-6,9-10,12-13,22-23,31H,7-8,11,14H2,1H3,(H,30,34)(H,33,35)/t22-,23+/m0/s1. The Labute approximate surface area is 206 Å². The fourth-order valence-electron chi connectivity index (χ4n) is 4.13. The lowest BCUT2D eigenvalue weighted by Gasteiger charge is -2.27. The first-order valence-electron chi connectivity index (χ1n) is 11.4. The van der Waals surface area contributed by atoms with Gasteiger partial charge in [-0.2, -0.15) is 0 Å². The molecule has 0 saturated carbocycles. The van der Waals surface area contributed by atoms with Gasteiger partial charge in [-0.05, 0) is 47.9 Å². The second-order valence-electron chi connectivity index (χ2n) is 8.33. The number of halogens is 3. The maximum atomic E-state index is 14.3. The van der Waals surface area contributed by atoms with Crippen LogP contribution in [0.15, 0.2) is 54.7 Å². The number of hydrogen-bond acceptors (Lipinski definition) is 5. The van der Waals surface area contributed by atoms with Crippen LogP contribution < -0.4 is 16.0 Å². The van der Waals surface area contributed by atoms with Crippen LogP contribution in [0.4, 0.5) is 13.2 Å². The summed E-state index contributed by atoms with van der Waals surface area (Å²) in [6.45, 7) is 1.17. The number of ether oxygens (including phenoxy) is 1. The predicted molar refractivity (Wildman–Crippen MR) is 127 cm³/mol. The number of nitrogens with zero attached hydrogens (tertiary/aromatic N) is 1. The predicted octanol–water partition coefficient (Wildman–Crippen LogP) is 2.91. The number of nitrogens with one attached hydrogen (secondary N) is 3. The second kappa shape index (κ2) is 11.3. The number of amides is 2. The molecule has 3 N–H and O–H groups in total. The van der Waals surface area contributed by atoms with Gasteiger partial charge in [0, 0.05) is 31.4 Å². The molecule has 2 aromatic carbocycles. The highest BCUT2D eigenvalue weighted by Crippen LogP contribution is 2.30. The van der Waals surface area contributed by atoms with Gasteiger partial charge < -0.3 is 20.7 Å². The van der Waals surface area contributed by atoms with Gasteiger partial charge in [-0.3, -0.25) is 14.6 Å². The van der Waals surface area contributed by atoms with E-state index in [0.29, 0.717) is 35.5 Å². The first-order chi connectivity index (χ1) is 17.4. The van der Waals surface area contributed by atoms with Crippen LogP contribution in [0, 0.1) is 17.5 Å². The zero-order valence-corrected chi connectivity index (χ0v) is 19.5. The van der Waals surface area contributed by atoms with Crippen molar-refractivity contribution in [3.8, 4) is 11.1 Å². The number of carbonyl (C=O) groups is 2. The zero-order valence-electron chi connectivity index (χ0n) is 19.5. The number of benzene rings is 2. The van der Waals surface area contributed by atoms with E-state index in [9.17, 15) is 22.8 Å². The summed E-state index contributed by atoms with van der Waals surface area (Å²) < 4.78 is 47.5. The van der Waals surface area contributed by atoms with Crippen LogP contribution in [-0.4, -0.2) is 49.6 Å². The quantitative estimate of drug-likeness (QED) is 0.466. The number of hydrogen-bond donors (Lipinski definition) is 3. The third-order valence-corrected chi connectivity index (χ3v) is 5.83.